The van der Waals surface area contributed by atoms with Gasteiger partial charge < -0.3 is 57.8 Å². The van der Waals surface area contributed by atoms with Crippen LogP contribution in [0.5, 0.6) is 0 Å². The summed E-state index contributed by atoms with van der Waals surface area (Å²) in [6.07, 6.45) is 0. The Morgan fingerprint density at radius 1 is 0.356 bits per heavy atom. The van der Waals surface area contributed by atoms with E-state index in [1.165, 1.54) is 16.7 Å². The van der Waals surface area contributed by atoms with Crippen LogP contribution >= 0.6 is 0 Å². The van der Waals surface area contributed by atoms with Crippen molar-refractivity contribution >= 4 is 36.7 Å². The number of hydrogen-bond donors (Lipinski definition) is 3. The topological polar surface area (TPSA) is 135 Å². The van der Waals surface area contributed by atoms with Crippen molar-refractivity contribution in [2.24, 2.45) is 10.8 Å². The summed E-state index contributed by atoms with van der Waals surface area (Å²) in [7, 11) is 0. The molecule has 11 fully saturated rings. The number of fused-ring (bicyclic) bond motifs is 29. The van der Waals surface area contributed by atoms with Crippen molar-refractivity contribution in [3.8, 4) is 0 Å². The van der Waals surface area contributed by atoms with Crippen molar-refractivity contribution in [1.82, 2.24) is 40.4 Å². The maximum absolute atomic E-state index is 6.35. The highest BCUT2D eigenvalue weighted by Crippen LogP contribution is 2.38. The molecule has 8 bridgehead atoms. The van der Waals surface area contributed by atoms with Gasteiger partial charge in [0.25, 0.3) is 0 Å². The molecule has 0 amide bonds. The van der Waals surface area contributed by atoms with E-state index < -0.39 is 20.3 Å². The standard InChI is InChI=1S/C53H82B3N8O9/c1-51-37-65-54(66-38-51,67-39-51)48-10-4-45(5-11-48)34-62-25-21-59-20-23-60-22-18-57-16-17-58-19-24-61(27-29-62)28-31-64(35-46-6-12-49(13-7-46)55-68-40-52(2,41-69-55)42-70-55)33-32-63(30-26-60)36-47-8-14-50(15-9-47)56-71-43-53(3,73-56)44-72-56/h4-15,57-59H,16-44H2,1-3H3/q-3. The SMILES string of the molecule is CC12CO[B-](c3ccc(CN4CCNCCN5CCNCCNCCN(CC4)CCN(Cc4ccc([B-]67OCC(C)(CO6)CO7)cc4)CCN(Cc4ccc([B-]67OCC(C)(CO6)O7)cc4)CC5)cc3)(OC1)OC2. The zero-order valence-electron chi connectivity index (χ0n) is 44.1. The van der Waals surface area contributed by atoms with Crippen LogP contribution in [-0.4, -0.2) is 221 Å². The Bertz CT molecular complexity index is 2220. The molecule has 3 N–H and O–H groups in total. The Morgan fingerprint density at radius 2 is 0.658 bits per heavy atom. The molecule has 0 aromatic heterocycles. The zero-order chi connectivity index (χ0) is 49.8. The van der Waals surface area contributed by atoms with Gasteiger partial charge in [-0.15, -0.1) is 16.4 Å². The van der Waals surface area contributed by atoms with E-state index in [9.17, 15) is 0 Å². The number of benzene rings is 3. The second-order valence-corrected chi connectivity index (χ2v) is 23.6. The summed E-state index contributed by atoms with van der Waals surface area (Å²) in [5.41, 5.74) is 6.28. The van der Waals surface area contributed by atoms with Gasteiger partial charge in [0.1, 0.15) is 0 Å². The number of rotatable bonds is 9. The predicted molar refractivity (Wildman–Crippen MR) is 286 cm³/mol. The lowest BCUT2D eigenvalue weighted by atomic mass is 9.64. The summed E-state index contributed by atoms with van der Waals surface area (Å²) in [6, 6.07) is 26.4. The smallest absolute Gasteiger partial charge is 0.410 e. The highest BCUT2D eigenvalue weighted by atomic mass is 16.8. The maximum Gasteiger partial charge on any atom is 0.410 e. The van der Waals surface area contributed by atoms with Crippen LogP contribution in [0.25, 0.3) is 0 Å². The average molecular weight is 1010 g/mol. The Hall–Kier alpha value is -2.83. The first-order chi connectivity index (χ1) is 35.5. The van der Waals surface area contributed by atoms with E-state index in [1.54, 1.807) is 0 Å². The third-order valence-corrected chi connectivity index (χ3v) is 16.8. The quantitative estimate of drug-likeness (QED) is 0.254. The predicted octanol–water partition coefficient (Wildman–Crippen LogP) is 0.333. The van der Waals surface area contributed by atoms with Gasteiger partial charge >= 0.3 is 20.3 Å². The number of nitrogens with one attached hydrogen (secondary N) is 3. The highest BCUT2D eigenvalue weighted by Gasteiger charge is 2.52. The van der Waals surface area contributed by atoms with Crippen LogP contribution in [-0.2, 0) is 61.5 Å². The van der Waals surface area contributed by atoms with Crippen molar-refractivity contribution in [1.29, 1.82) is 0 Å². The van der Waals surface area contributed by atoms with E-state index in [2.05, 4.69) is 134 Å². The lowest BCUT2D eigenvalue weighted by Gasteiger charge is -2.58. The molecule has 0 saturated carbocycles. The van der Waals surface area contributed by atoms with Crippen molar-refractivity contribution < 1.29 is 41.9 Å². The van der Waals surface area contributed by atoms with E-state index in [1.807, 2.05) is 0 Å². The van der Waals surface area contributed by atoms with E-state index in [0.717, 1.165) is 154 Å². The minimum atomic E-state index is -1.91. The molecule has 11 aliphatic rings. The van der Waals surface area contributed by atoms with Crippen LogP contribution < -0.4 is 32.3 Å². The molecule has 11 heterocycles. The van der Waals surface area contributed by atoms with E-state index in [-0.39, 0.29) is 16.4 Å². The lowest BCUT2D eigenvalue weighted by Crippen LogP contribution is -2.68. The molecular weight excluding hydrogens is 925 g/mol. The highest BCUT2D eigenvalue weighted by molar-refractivity contribution is 6.77. The molecule has 2 unspecified atom stereocenters. The van der Waals surface area contributed by atoms with Gasteiger partial charge in [-0.2, -0.15) is 0 Å². The Labute approximate surface area is 434 Å². The fourth-order valence-corrected chi connectivity index (χ4v) is 11.9. The van der Waals surface area contributed by atoms with Crippen molar-refractivity contribution in [2.75, 3.05) is 171 Å². The van der Waals surface area contributed by atoms with Gasteiger partial charge in [0.05, 0.1) is 5.60 Å². The second-order valence-electron chi connectivity index (χ2n) is 23.6. The average Bonchev–Trinajstić information content (AvgIpc) is 3.95. The molecule has 0 aliphatic carbocycles. The Balaban J connectivity index is 0.816. The van der Waals surface area contributed by atoms with Crippen molar-refractivity contribution in [3.05, 3.63) is 89.5 Å². The van der Waals surface area contributed by atoms with Crippen molar-refractivity contribution in [3.63, 3.8) is 0 Å². The van der Waals surface area contributed by atoms with Gasteiger partial charge in [-0.25, -0.2) is 0 Å². The minimum Gasteiger partial charge on any atom is -0.540 e. The van der Waals surface area contributed by atoms with Gasteiger partial charge in [0, 0.05) is 201 Å². The zero-order valence-corrected chi connectivity index (χ0v) is 44.1. The van der Waals surface area contributed by atoms with Gasteiger partial charge in [-0.1, -0.05) is 86.6 Å². The van der Waals surface area contributed by atoms with Crippen molar-refractivity contribution in [2.45, 2.75) is 46.0 Å². The molecule has 73 heavy (non-hydrogen) atoms. The number of hydrogen-bond acceptors (Lipinski definition) is 17. The first-order valence-corrected chi connectivity index (χ1v) is 27.7. The van der Waals surface area contributed by atoms with Gasteiger partial charge in [-0.3, -0.25) is 24.5 Å². The summed E-state index contributed by atoms with van der Waals surface area (Å²) in [5.74, 6) is 0. The van der Waals surface area contributed by atoms with Crippen LogP contribution in [0.2, 0.25) is 0 Å². The normalized spacial score (nSPS) is 36.9. The summed E-state index contributed by atoms with van der Waals surface area (Å²) in [5, 5.41) is 11.4. The van der Waals surface area contributed by atoms with E-state index >= 15 is 0 Å². The molecule has 11 aliphatic heterocycles. The van der Waals surface area contributed by atoms with Crippen LogP contribution in [0.1, 0.15) is 37.5 Å². The van der Waals surface area contributed by atoms with E-state index in [4.69, 9.17) is 41.9 Å². The summed E-state index contributed by atoms with van der Waals surface area (Å²) in [6.45, 7) is 25.7. The molecule has 17 nitrogen and oxygen atoms in total. The van der Waals surface area contributed by atoms with Crippen LogP contribution in [0, 0.1) is 10.8 Å². The van der Waals surface area contributed by atoms with Gasteiger partial charge in [0.15, 0.2) is 0 Å². The molecule has 400 valence electrons. The molecule has 20 heteroatoms. The lowest BCUT2D eigenvalue weighted by molar-refractivity contribution is -0.119. The minimum absolute atomic E-state index is 0.0600. The molecule has 3 aromatic rings. The van der Waals surface area contributed by atoms with Crippen LogP contribution in [0.4, 0.5) is 0 Å². The molecular formula is C53H82B3N8O9-3. The molecule has 0 radical (unpaired) electrons. The largest absolute Gasteiger partial charge is 0.540 e. The Morgan fingerprint density at radius 3 is 1.03 bits per heavy atom. The summed E-state index contributed by atoms with van der Waals surface area (Å²) in [4.78, 5) is 13.3. The fourth-order valence-electron chi connectivity index (χ4n) is 11.9. The summed E-state index contributed by atoms with van der Waals surface area (Å²) < 4.78 is 56.2. The first-order valence-electron chi connectivity index (χ1n) is 27.7. The Kier molecular flexibility index (Phi) is 16.2. The van der Waals surface area contributed by atoms with Crippen LogP contribution in [0.15, 0.2) is 72.8 Å². The fraction of sp³-hybridized carbons (Fsp3) is 0.660. The van der Waals surface area contributed by atoms with Crippen LogP contribution in [0.3, 0.4) is 0 Å². The molecule has 3 aromatic carbocycles. The summed E-state index contributed by atoms with van der Waals surface area (Å²) >= 11 is 0. The molecule has 11 saturated heterocycles. The molecule has 14 rings (SSSR count). The number of nitrogens with zero attached hydrogens (tertiary/aromatic N) is 5. The van der Waals surface area contributed by atoms with Gasteiger partial charge in [-0.05, 0) is 23.6 Å². The third-order valence-electron chi connectivity index (χ3n) is 16.8. The first kappa shape index (κ1) is 52.2. The third kappa shape index (κ3) is 12.5. The maximum atomic E-state index is 6.35. The van der Waals surface area contributed by atoms with E-state index in [0.29, 0.717) is 52.9 Å². The monoisotopic (exact) mass is 1010 g/mol. The second kappa shape index (κ2) is 22.6. The molecule has 2 atom stereocenters. The molecule has 0 spiro atoms. The van der Waals surface area contributed by atoms with Gasteiger partial charge in [0.2, 0.25) is 0 Å².